The number of nitrogens with zero attached hydrogens (tertiary/aromatic N) is 2. The molecule has 0 aliphatic heterocycles. The van der Waals surface area contributed by atoms with Crippen molar-refractivity contribution in [2.75, 3.05) is 0 Å². The monoisotopic (exact) mass is 400 g/mol. The van der Waals surface area contributed by atoms with E-state index in [1.165, 1.54) is 16.7 Å². The van der Waals surface area contributed by atoms with E-state index in [4.69, 9.17) is 4.98 Å². The Hall–Kier alpha value is -3.91. The first-order valence-corrected chi connectivity index (χ1v) is 10.6. The molecular formula is C29H24N2. The highest BCUT2D eigenvalue weighted by Gasteiger charge is 2.39. The molecule has 0 unspecified atom stereocenters. The van der Waals surface area contributed by atoms with Crippen LogP contribution in [-0.4, -0.2) is 9.55 Å². The Balaban J connectivity index is 1.87. The molecule has 31 heavy (non-hydrogen) atoms. The Labute approximate surface area is 183 Å². The Bertz CT molecular complexity index is 1160. The maximum absolute atomic E-state index is 4.99. The second-order valence-corrected chi connectivity index (χ2v) is 7.72. The van der Waals surface area contributed by atoms with Gasteiger partial charge in [0.25, 0.3) is 0 Å². The minimum absolute atomic E-state index is 0.534. The maximum Gasteiger partial charge on any atom is 0.121 e. The van der Waals surface area contributed by atoms with Gasteiger partial charge in [0.05, 0.1) is 5.69 Å². The summed E-state index contributed by atoms with van der Waals surface area (Å²) in [6.45, 7) is 2.09. The summed E-state index contributed by atoms with van der Waals surface area (Å²) in [6.07, 6.45) is 2.19. The highest BCUT2D eigenvalue weighted by molar-refractivity contribution is 5.60. The van der Waals surface area contributed by atoms with Crippen LogP contribution in [0.25, 0.3) is 11.3 Å². The van der Waals surface area contributed by atoms with Crippen molar-refractivity contribution in [1.29, 1.82) is 0 Å². The molecule has 0 bridgehead atoms. The molecule has 0 amide bonds. The van der Waals surface area contributed by atoms with Crippen molar-refractivity contribution in [3.8, 4) is 11.3 Å². The van der Waals surface area contributed by atoms with Crippen LogP contribution in [0.5, 0.6) is 0 Å². The number of benzene rings is 4. The molecule has 1 aromatic heterocycles. The standard InChI is InChI=1S/C29H24N2/c1-23-30-28(24-14-6-2-7-15-24)22-31(23)29(25-16-8-3-9-17-25,26-18-10-4-11-19-26)27-20-12-5-13-21-27/h2-22H,1H3. The minimum Gasteiger partial charge on any atom is -0.316 e. The summed E-state index contributed by atoms with van der Waals surface area (Å²) in [5.41, 5.74) is 5.17. The third-order valence-electron chi connectivity index (χ3n) is 5.89. The predicted octanol–water partition coefficient (Wildman–Crippen LogP) is 6.70. The van der Waals surface area contributed by atoms with Crippen molar-refractivity contribution in [1.82, 2.24) is 9.55 Å². The first-order valence-electron chi connectivity index (χ1n) is 10.6. The molecular weight excluding hydrogens is 376 g/mol. The average Bonchev–Trinajstić information content (AvgIpc) is 3.24. The molecule has 0 spiro atoms. The van der Waals surface area contributed by atoms with Gasteiger partial charge < -0.3 is 4.57 Å². The molecule has 5 aromatic rings. The number of hydrogen-bond donors (Lipinski definition) is 0. The Morgan fingerprint density at radius 3 is 1.35 bits per heavy atom. The highest BCUT2D eigenvalue weighted by Crippen LogP contribution is 2.42. The molecule has 2 nitrogen and oxygen atoms in total. The molecule has 0 radical (unpaired) electrons. The van der Waals surface area contributed by atoms with Crippen LogP contribution in [0.3, 0.4) is 0 Å². The van der Waals surface area contributed by atoms with Gasteiger partial charge in [-0.25, -0.2) is 4.98 Å². The topological polar surface area (TPSA) is 17.8 Å². The van der Waals surface area contributed by atoms with Gasteiger partial charge in [0.2, 0.25) is 0 Å². The van der Waals surface area contributed by atoms with E-state index >= 15 is 0 Å². The van der Waals surface area contributed by atoms with Crippen LogP contribution in [-0.2, 0) is 5.54 Å². The first-order chi connectivity index (χ1) is 15.3. The summed E-state index contributed by atoms with van der Waals surface area (Å²) >= 11 is 0. The zero-order valence-electron chi connectivity index (χ0n) is 17.5. The lowest BCUT2D eigenvalue weighted by atomic mass is 9.76. The van der Waals surface area contributed by atoms with Gasteiger partial charge in [-0.05, 0) is 23.6 Å². The molecule has 0 atom stereocenters. The van der Waals surface area contributed by atoms with E-state index in [2.05, 4.69) is 133 Å². The number of aromatic nitrogens is 2. The summed E-state index contributed by atoms with van der Waals surface area (Å²) in [5.74, 6) is 0.968. The minimum atomic E-state index is -0.534. The zero-order chi connectivity index (χ0) is 21.1. The van der Waals surface area contributed by atoms with E-state index in [0.29, 0.717) is 0 Å². The Kier molecular flexibility index (Phi) is 4.97. The lowest BCUT2D eigenvalue weighted by Crippen LogP contribution is -2.38. The fraction of sp³-hybridized carbons (Fsp3) is 0.0690. The molecule has 0 saturated carbocycles. The van der Waals surface area contributed by atoms with E-state index in [1.807, 2.05) is 6.07 Å². The molecule has 0 fully saturated rings. The van der Waals surface area contributed by atoms with Crippen molar-refractivity contribution in [3.63, 3.8) is 0 Å². The van der Waals surface area contributed by atoms with Crippen molar-refractivity contribution in [3.05, 3.63) is 150 Å². The first kappa shape index (κ1) is 19.1. The van der Waals surface area contributed by atoms with E-state index in [1.54, 1.807) is 0 Å². The lowest BCUT2D eigenvalue weighted by Gasteiger charge is -2.38. The average molecular weight is 401 g/mol. The number of aryl methyl sites for hydroxylation is 1. The molecule has 150 valence electrons. The van der Waals surface area contributed by atoms with Gasteiger partial charge in [-0.3, -0.25) is 0 Å². The largest absolute Gasteiger partial charge is 0.316 e. The van der Waals surface area contributed by atoms with Gasteiger partial charge in [-0.2, -0.15) is 0 Å². The number of imidazole rings is 1. The molecule has 0 N–H and O–H groups in total. The smallest absolute Gasteiger partial charge is 0.121 e. The molecule has 0 aliphatic carbocycles. The predicted molar refractivity (Wildman–Crippen MR) is 127 cm³/mol. The maximum atomic E-state index is 4.99. The molecule has 5 rings (SSSR count). The van der Waals surface area contributed by atoms with Gasteiger partial charge in [0, 0.05) is 11.8 Å². The van der Waals surface area contributed by atoms with Crippen LogP contribution in [0.2, 0.25) is 0 Å². The van der Waals surface area contributed by atoms with E-state index in [0.717, 1.165) is 17.1 Å². The Morgan fingerprint density at radius 2 is 0.935 bits per heavy atom. The highest BCUT2D eigenvalue weighted by atomic mass is 15.1. The van der Waals surface area contributed by atoms with Crippen LogP contribution in [0, 0.1) is 6.92 Å². The van der Waals surface area contributed by atoms with Gasteiger partial charge in [0.15, 0.2) is 0 Å². The van der Waals surface area contributed by atoms with E-state index in [9.17, 15) is 0 Å². The quantitative estimate of drug-likeness (QED) is 0.300. The summed E-state index contributed by atoms with van der Waals surface area (Å²) in [5, 5.41) is 0. The molecule has 1 heterocycles. The van der Waals surface area contributed by atoms with Gasteiger partial charge in [-0.1, -0.05) is 121 Å². The third-order valence-corrected chi connectivity index (χ3v) is 5.89. The SMILES string of the molecule is Cc1nc(-c2ccccc2)cn1C(c1ccccc1)(c1ccccc1)c1ccccc1. The molecule has 0 aliphatic rings. The van der Waals surface area contributed by atoms with Crippen molar-refractivity contribution >= 4 is 0 Å². The van der Waals surface area contributed by atoms with Gasteiger partial charge in [0.1, 0.15) is 11.4 Å². The third kappa shape index (κ3) is 3.27. The summed E-state index contributed by atoms with van der Waals surface area (Å²) < 4.78 is 2.33. The van der Waals surface area contributed by atoms with Gasteiger partial charge in [-0.15, -0.1) is 0 Å². The normalized spacial score (nSPS) is 11.4. The number of hydrogen-bond acceptors (Lipinski definition) is 1. The van der Waals surface area contributed by atoms with Gasteiger partial charge >= 0.3 is 0 Å². The number of rotatable bonds is 5. The van der Waals surface area contributed by atoms with E-state index in [-0.39, 0.29) is 0 Å². The van der Waals surface area contributed by atoms with Crippen LogP contribution in [0.1, 0.15) is 22.5 Å². The summed E-state index contributed by atoms with van der Waals surface area (Å²) in [7, 11) is 0. The van der Waals surface area contributed by atoms with Crippen molar-refractivity contribution < 1.29 is 0 Å². The fourth-order valence-electron chi connectivity index (χ4n) is 4.52. The van der Waals surface area contributed by atoms with Crippen molar-refractivity contribution in [2.24, 2.45) is 0 Å². The van der Waals surface area contributed by atoms with E-state index < -0.39 is 5.54 Å². The fourth-order valence-corrected chi connectivity index (χ4v) is 4.52. The van der Waals surface area contributed by atoms with Crippen LogP contribution < -0.4 is 0 Å². The second kappa shape index (κ2) is 8.08. The zero-order valence-corrected chi connectivity index (χ0v) is 17.5. The summed E-state index contributed by atoms with van der Waals surface area (Å²) in [6, 6.07) is 42.5. The van der Waals surface area contributed by atoms with Crippen LogP contribution in [0.4, 0.5) is 0 Å². The second-order valence-electron chi connectivity index (χ2n) is 7.72. The Morgan fingerprint density at radius 1 is 0.548 bits per heavy atom. The van der Waals surface area contributed by atoms with Crippen molar-refractivity contribution in [2.45, 2.75) is 12.5 Å². The molecule has 4 aromatic carbocycles. The molecule has 2 heteroatoms. The molecule has 0 saturated heterocycles. The lowest BCUT2D eigenvalue weighted by molar-refractivity contribution is 0.502. The van der Waals surface area contributed by atoms with Crippen LogP contribution >= 0.6 is 0 Å². The van der Waals surface area contributed by atoms with Crippen LogP contribution in [0.15, 0.2) is 128 Å². The summed E-state index contributed by atoms with van der Waals surface area (Å²) in [4.78, 5) is 4.99.